The van der Waals surface area contributed by atoms with Gasteiger partial charge < -0.3 is 15.0 Å². The fourth-order valence-corrected chi connectivity index (χ4v) is 7.94. The molecule has 2 aliphatic heterocycles. The lowest BCUT2D eigenvalue weighted by molar-refractivity contribution is 0.143. The van der Waals surface area contributed by atoms with Gasteiger partial charge in [-0.25, -0.2) is 9.18 Å². The molecular formula is C23H28FN3O7P2S3+2. The quantitative estimate of drug-likeness (QED) is 0.156. The Hall–Kier alpha value is -1.60. The molecule has 39 heavy (non-hydrogen) atoms. The van der Waals surface area contributed by atoms with E-state index in [4.69, 9.17) is 17.0 Å². The number of nitrogens with one attached hydrogen (secondary N) is 1. The van der Waals surface area contributed by atoms with Crippen molar-refractivity contribution in [2.75, 3.05) is 47.5 Å². The fraction of sp³-hybridized carbons (Fsp3) is 0.391. The molecule has 0 saturated carbocycles. The first-order valence-corrected chi connectivity index (χ1v) is 17.3. The predicted molar refractivity (Wildman–Crippen MR) is 157 cm³/mol. The second kappa shape index (κ2) is 13.4. The molecule has 2 aromatic rings. The van der Waals surface area contributed by atoms with Crippen molar-refractivity contribution in [1.82, 2.24) is 5.32 Å². The highest BCUT2D eigenvalue weighted by Gasteiger charge is 2.56. The smallest absolute Gasteiger partial charge is 0.442 e. The monoisotopic (exact) mass is 635 g/mol. The van der Waals surface area contributed by atoms with Crippen LogP contribution in [0.2, 0.25) is 0 Å². The molecule has 3 atom stereocenters. The van der Waals surface area contributed by atoms with E-state index < -0.39 is 33.6 Å². The summed E-state index contributed by atoms with van der Waals surface area (Å²) in [6.45, 7) is 2.08. The van der Waals surface area contributed by atoms with E-state index in [1.165, 1.54) is 22.7 Å². The Morgan fingerprint density at radius 1 is 1.23 bits per heavy atom. The molecule has 0 spiro atoms. The maximum Gasteiger partial charge on any atom is 0.558 e. The van der Waals surface area contributed by atoms with Crippen LogP contribution in [-0.2, 0) is 15.7 Å². The van der Waals surface area contributed by atoms with E-state index in [0.717, 1.165) is 29.5 Å². The number of benzene rings is 2. The molecule has 4 rings (SSSR count). The average Bonchev–Trinajstić information content (AvgIpc) is 3.27. The SMILES string of the molecule is O=C1O[C@@H](CNC(=S)Sc2ccc(CC([P+](=O)O)[P+](O)(O)O)cc2)CN1c1ccc(N2CCSCC2)c(F)c1. The van der Waals surface area contributed by atoms with E-state index in [9.17, 15) is 33.3 Å². The highest BCUT2D eigenvalue weighted by atomic mass is 32.2. The van der Waals surface area contributed by atoms with Crippen LogP contribution < -0.4 is 15.1 Å². The lowest BCUT2D eigenvalue weighted by atomic mass is 10.2. The van der Waals surface area contributed by atoms with Crippen LogP contribution >= 0.6 is 51.7 Å². The molecule has 10 nitrogen and oxygen atoms in total. The Bertz CT molecular complexity index is 1220. The Labute approximate surface area is 240 Å². The van der Waals surface area contributed by atoms with Gasteiger partial charge >= 0.3 is 27.5 Å². The molecule has 2 aromatic carbocycles. The van der Waals surface area contributed by atoms with Gasteiger partial charge in [0.2, 0.25) is 0 Å². The number of rotatable bonds is 9. The lowest BCUT2D eigenvalue weighted by Gasteiger charge is -2.29. The summed E-state index contributed by atoms with van der Waals surface area (Å²) in [6, 6.07) is 11.5. The van der Waals surface area contributed by atoms with Gasteiger partial charge in [-0.2, -0.15) is 31.3 Å². The molecule has 2 fully saturated rings. The number of cyclic esters (lactones) is 1. The third kappa shape index (κ3) is 8.22. The molecule has 2 saturated heterocycles. The van der Waals surface area contributed by atoms with Gasteiger partial charge in [0.25, 0.3) is 0 Å². The average molecular weight is 636 g/mol. The van der Waals surface area contributed by atoms with Crippen LogP contribution in [0.1, 0.15) is 5.56 Å². The van der Waals surface area contributed by atoms with Crippen molar-refractivity contribution in [3.8, 4) is 0 Å². The molecule has 2 aliphatic rings. The van der Waals surface area contributed by atoms with Crippen molar-refractivity contribution in [1.29, 1.82) is 0 Å². The first-order valence-electron chi connectivity index (χ1n) is 11.9. The van der Waals surface area contributed by atoms with Crippen molar-refractivity contribution in [3.63, 3.8) is 0 Å². The number of hydrogen-bond acceptors (Lipinski definition) is 10. The van der Waals surface area contributed by atoms with Crippen LogP contribution in [0.25, 0.3) is 0 Å². The van der Waals surface area contributed by atoms with Crippen molar-refractivity contribution in [3.05, 3.63) is 53.8 Å². The molecule has 0 aromatic heterocycles. The van der Waals surface area contributed by atoms with Gasteiger partial charge in [-0.3, -0.25) is 4.90 Å². The normalized spacial score (nSPS) is 19.1. The van der Waals surface area contributed by atoms with E-state index >= 15 is 0 Å². The molecular weight excluding hydrogens is 607 g/mol. The maximum atomic E-state index is 14.8. The molecule has 5 N–H and O–H groups in total. The molecule has 0 bridgehead atoms. The molecule has 1 amide bonds. The van der Waals surface area contributed by atoms with Crippen LogP contribution in [0.5, 0.6) is 0 Å². The van der Waals surface area contributed by atoms with E-state index in [1.54, 1.807) is 36.4 Å². The van der Waals surface area contributed by atoms with Crippen LogP contribution in [0.3, 0.4) is 0 Å². The van der Waals surface area contributed by atoms with Crippen molar-refractivity contribution >= 4 is 73.5 Å². The Morgan fingerprint density at radius 3 is 2.54 bits per heavy atom. The largest absolute Gasteiger partial charge is 0.558 e. The summed E-state index contributed by atoms with van der Waals surface area (Å²) in [6.07, 6.45) is -1.22. The summed E-state index contributed by atoms with van der Waals surface area (Å²) in [5.41, 5.74) is 1.51. The second-order valence-corrected chi connectivity index (χ2v) is 15.3. The number of amides is 1. The second-order valence-electron chi connectivity index (χ2n) is 8.87. The number of nitrogens with zero attached hydrogens (tertiary/aromatic N) is 2. The predicted octanol–water partition coefficient (Wildman–Crippen LogP) is 3.71. The topological polar surface area (TPSA) is 143 Å². The van der Waals surface area contributed by atoms with Gasteiger partial charge in [0, 0.05) is 29.5 Å². The van der Waals surface area contributed by atoms with Gasteiger partial charge in [-0.15, -0.1) is 0 Å². The van der Waals surface area contributed by atoms with E-state index in [0.29, 0.717) is 21.3 Å². The number of thioether (sulfide) groups is 2. The third-order valence-corrected chi connectivity index (χ3v) is 11.5. The summed E-state index contributed by atoms with van der Waals surface area (Å²) < 4.78 is 32.1. The summed E-state index contributed by atoms with van der Waals surface area (Å²) in [5.74, 6) is 1.54. The van der Waals surface area contributed by atoms with Gasteiger partial charge in [0.1, 0.15) is 16.2 Å². The minimum absolute atomic E-state index is 0.176. The number of thiocarbonyl (C=S) groups is 1. The van der Waals surface area contributed by atoms with Gasteiger partial charge in [-0.05, 0) is 40.5 Å². The molecule has 0 radical (unpaired) electrons. The third-order valence-electron chi connectivity index (χ3n) is 6.15. The Balaban J connectivity index is 1.27. The first kappa shape index (κ1) is 30.4. The number of carbonyl (C=O) groups excluding carboxylic acids is 1. The minimum atomic E-state index is -4.47. The number of hydrogen-bond donors (Lipinski definition) is 5. The van der Waals surface area contributed by atoms with E-state index in [-0.39, 0.29) is 25.3 Å². The van der Waals surface area contributed by atoms with Gasteiger partial charge in [-0.1, -0.05) is 36.1 Å². The Kier molecular flexibility index (Phi) is 10.4. The number of anilines is 2. The van der Waals surface area contributed by atoms with Crippen LogP contribution in [0.15, 0.2) is 47.4 Å². The molecule has 16 heteroatoms. The summed E-state index contributed by atoms with van der Waals surface area (Å²) >= 11 is 8.47. The van der Waals surface area contributed by atoms with E-state index in [1.807, 2.05) is 16.7 Å². The van der Waals surface area contributed by atoms with Crippen LogP contribution in [0.4, 0.5) is 20.6 Å². The summed E-state index contributed by atoms with van der Waals surface area (Å²) in [5, 5.41) is 1.50. The number of halogens is 1. The minimum Gasteiger partial charge on any atom is -0.442 e. The van der Waals surface area contributed by atoms with E-state index in [2.05, 4.69) is 5.32 Å². The highest BCUT2D eigenvalue weighted by molar-refractivity contribution is 8.23. The lowest BCUT2D eigenvalue weighted by Crippen LogP contribution is -2.33. The number of carbonyl (C=O) groups is 1. The molecule has 2 unspecified atom stereocenters. The zero-order valence-electron chi connectivity index (χ0n) is 20.6. The standard InChI is InChI=1S/C23H26FN3O7P2S3/c24-19-12-16(3-6-20(19)26-7-9-38-10-8-26)27-14-17(34-23(27)28)13-25-22(37)39-18-4-1-15(2-5-18)11-21(35(29)30)36(31,32)33/h1-6,12,17,21,31-33H,7-11,13-14H2/p+2/t17-,21?/m0/s1. The number of ether oxygens (including phenoxy) is 1. The zero-order valence-corrected chi connectivity index (χ0v) is 24.8. The maximum absolute atomic E-state index is 14.8. The fourth-order valence-electron chi connectivity index (χ4n) is 4.14. The zero-order chi connectivity index (χ0) is 28.2. The Morgan fingerprint density at radius 2 is 1.92 bits per heavy atom. The summed E-state index contributed by atoms with van der Waals surface area (Å²) in [4.78, 5) is 54.1. The summed E-state index contributed by atoms with van der Waals surface area (Å²) in [7, 11) is -7.45. The van der Waals surface area contributed by atoms with Gasteiger partial charge in [0.05, 0.1) is 30.9 Å². The molecule has 0 aliphatic carbocycles. The van der Waals surface area contributed by atoms with Crippen LogP contribution in [-0.4, -0.2) is 79.2 Å². The van der Waals surface area contributed by atoms with Crippen molar-refractivity contribution in [2.45, 2.75) is 22.8 Å². The van der Waals surface area contributed by atoms with Crippen molar-refractivity contribution in [2.24, 2.45) is 0 Å². The van der Waals surface area contributed by atoms with Crippen LogP contribution in [0, 0.1) is 5.82 Å². The molecule has 2 heterocycles. The molecule has 210 valence electrons. The van der Waals surface area contributed by atoms with Crippen molar-refractivity contribution < 1.29 is 38.1 Å². The van der Waals surface area contributed by atoms with Gasteiger partial charge in [0.15, 0.2) is 0 Å². The first-order chi connectivity index (χ1) is 18.5. The highest BCUT2D eigenvalue weighted by Crippen LogP contribution is 2.59.